The number of nitrogens with one attached hydrogen (secondary N) is 1. The zero-order valence-electron chi connectivity index (χ0n) is 38.0. The van der Waals surface area contributed by atoms with Crippen molar-refractivity contribution >= 4 is 11.9 Å². The largest absolute Gasteiger partial charge is 0.462 e. The standard InChI is InChI=1S/C51H95NO5/c1-4-7-10-13-16-18-20-22-24-25-26-28-30-32-35-38-41-44-51(56)57-47(42-39-36-33-15-12-9-6-3)45-50(55)52-48(46-53)49(54)43-40-37-34-31-29-27-23-21-19-17-14-11-8-5-2/h16,18,22,24,26,28,47-49,53-54H,4-15,17,19-21,23,25,27,29-46H2,1-3H3,(H,52,55)/b18-16-,24-22-,28-26-. The molecule has 3 N–H and O–H groups in total. The van der Waals surface area contributed by atoms with Crippen LogP contribution in [0.4, 0.5) is 0 Å². The van der Waals surface area contributed by atoms with Crippen LogP contribution in [0.15, 0.2) is 36.5 Å². The maximum absolute atomic E-state index is 13.1. The molecule has 6 heteroatoms. The lowest BCUT2D eigenvalue weighted by Crippen LogP contribution is -2.46. The second-order valence-corrected chi connectivity index (χ2v) is 16.9. The summed E-state index contributed by atoms with van der Waals surface area (Å²) in [6.07, 6.45) is 52.1. The first-order valence-corrected chi connectivity index (χ1v) is 24.7. The molecule has 0 aliphatic carbocycles. The van der Waals surface area contributed by atoms with Crippen LogP contribution in [0.5, 0.6) is 0 Å². The Hall–Kier alpha value is -1.92. The van der Waals surface area contributed by atoms with Gasteiger partial charge in [0.1, 0.15) is 6.10 Å². The lowest BCUT2D eigenvalue weighted by molar-refractivity contribution is -0.151. The van der Waals surface area contributed by atoms with Crippen LogP contribution in [-0.2, 0) is 14.3 Å². The lowest BCUT2D eigenvalue weighted by Gasteiger charge is -2.24. The molecule has 0 rings (SSSR count). The minimum absolute atomic E-state index is 0.0704. The van der Waals surface area contributed by atoms with Gasteiger partial charge < -0.3 is 20.3 Å². The van der Waals surface area contributed by atoms with Gasteiger partial charge in [0, 0.05) is 6.42 Å². The molecule has 3 unspecified atom stereocenters. The van der Waals surface area contributed by atoms with Gasteiger partial charge in [-0.25, -0.2) is 0 Å². The molecule has 334 valence electrons. The summed E-state index contributed by atoms with van der Waals surface area (Å²) in [7, 11) is 0. The van der Waals surface area contributed by atoms with E-state index in [1.807, 2.05) is 0 Å². The average molecular weight is 802 g/mol. The number of carbonyl (C=O) groups excluding carboxylic acids is 2. The third-order valence-electron chi connectivity index (χ3n) is 11.2. The average Bonchev–Trinajstić information content (AvgIpc) is 3.20. The van der Waals surface area contributed by atoms with Gasteiger partial charge in [0.15, 0.2) is 0 Å². The SMILES string of the molecule is CCCCC/C=C\C/C=C\C/C=C\CCCCCCC(=O)OC(CCCCCCCCC)CC(=O)NC(CO)C(O)CCCCCCCCCCCCCCCC. The van der Waals surface area contributed by atoms with Crippen LogP contribution >= 0.6 is 0 Å². The monoisotopic (exact) mass is 802 g/mol. The highest BCUT2D eigenvalue weighted by atomic mass is 16.5. The zero-order valence-corrected chi connectivity index (χ0v) is 38.0. The Balaban J connectivity index is 4.41. The third-order valence-corrected chi connectivity index (χ3v) is 11.2. The number of unbranched alkanes of at least 4 members (excludes halogenated alkanes) is 26. The van der Waals surface area contributed by atoms with Crippen molar-refractivity contribution in [2.75, 3.05) is 6.61 Å². The normalized spacial score (nSPS) is 13.6. The van der Waals surface area contributed by atoms with Crippen LogP contribution < -0.4 is 5.32 Å². The maximum Gasteiger partial charge on any atom is 0.306 e. The number of carbonyl (C=O) groups is 2. The predicted molar refractivity (Wildman–Crippen MR) is 246 cm³/mol. The molecular formula is C51H95NO5. The van der Waals surface area contributed by atoms with Gasteiger partial charge in [-0.05, 0) is 64.2 Å². The molecule has 0 aliphatic rings. The summed E-state index contributed by atoms with van der Waals surface area (Å²) in [6, 6.07) is -0.701. The molecule has 0 aromatic rings. The van der Waals surface area contributed by atoms with E-state index in [0.717, 1.165) is 77.0 Å². The lowest BCUT2D eigenvalue weighted by atomic mass is 10.0. The van der Waals surface area contributed by atoms with Crippen LogP contribution in [0.1, 0.15) is 252 Å². The molecule has 1 amide bonds. The maximum atomic E-state index is 13.1. The van der Waals surface area contributed by atoms with Crippen molar-refractivity contribution in [2.24, 2.45) is 0 Å². The first kappa shape index (κ1) is 55.1. The Morgan fingerprint density at radius 1 is 0.509 bits per heavy atom. The molecule has 57 heavy (non-hydrogen) atoms. The van der Waals surface area contributed by atoms with E-state index in [2.05, 4.69) is 62.5 Å². The van der Waals surface area contributed by atoms with Crippen molar-refractivity contribution in [3.05, 3.63) is 36.5 Å². The van der Waals surface area contributed by atoms with Gasteiger partial charge in [-0.2, -0.15) is 0 Å². The van der Waals surface area contributed by atoms with Gasteiger partial charge in [0.2, 0.25) is 5.91 Å². The number of esters is 1. The summed E-state index contributed by atoms with van der Waals surface area (Å²) in [6.45, 7) is 6.42. The molecule has 0 fully saturated rings. The number of hydrogen-bond acceptors (Lipinski definition) is 5. The predicted octanol–water partition coefficient (Wildman–Crippen LogP) is 14.5. The van der Waals surface area contributed by atoms with Gasteiger partial charge in [-0.1, -0.05) is 211 Å². The molecular weight excluding hydrogens is 707 g/mol. The summed E-state index contributed by atoms with van der Waals surface area (Å²) in [5.41, 5.74) is 0. The number of allylic oxidation sites excluding steroid dienone is 6. The fourth-order valence-electron chi connectivity index (χ4n) is 7.44. The zero-order chi connectivity index (χ0) is 41.7. The molecule has 6 nitrogen and oxygen atoms in total. The smallest absolute Gasteiger partial charge is 0.306 e. The van der Waals surface area contributed by atoms with Crippen LogP contribution in [-0.4, -0.2) is 46.9 Å². The Kier molecular flexibility index (Phi) is 43.6. The second kappa shape index (κ2) is 45.2. The molecule has 3 atom stereocenters. The fraction of sp³-hybridized carbons (Fsp3) is 0.843. The molecule has 0 heterocycles. The van der Waals surface area contributed by atoms with Gasteiger partial charge in [0.25, 0.3) is 0 Å². The molecule has 0 aromatic heterocycles. The molecule has 0 radical (unpaired) electrons. The van der Waals surface area contributed by atoms with E-state index in [-0.39, 0.29) is 24.9 Å². The van der Waals surface area contributed by atoms with Gasteiger partial charge in [-0.15, -0.1) is 0 Å². The number of ether oxygens (including phenoxy) is 1. The summed E-state index contributed by atoms with van der Waals surface area (Å²) in [5.74, 6) is -0.497. The van der Waals surface area contributed by atoms with E-state index >= 15 is 0 Å². The first-order chi connectivity index (χ1) is 28.0. The van der Waals surface area contributed by atoms with E-state index in [1.54, 1.807) is 0 Å². The van der Waals surface area contributed by atoms with Crippen molar-refractivity contribution in [2.45, 2.75) is 270 Å². The summed E-state index contributed by atoms with van der Waals surface area (Å²) < 4.78 is 5.88. The minimum Gasteiger partial charge on any atom is -0.462 e. The molecule has 0 aliphatic heterocycles. The number of hydrogen-bond donors (Lipinski definition) is 3. The van der Waals surface area contributed by atoms with Crippen LogP contribution in [0.25, 0.3) is 0 Å². The summed E-state index contributed by atoms with van der Waals surface area (Å²) in [4.78, 5) is 26.0. The highest BCUT2D eigenvalue weighted by Crippen LogP contribution is 2.17. The topological polar surface area (TPSA) is 95.9 Å². The fourth-order valence-corrected chi connectivity index (χ4v) is 7.44. The van der Waals surface area contributed by atoms with Crippen LogP contribution in [0.2, 0.25) is 0 Å². The van der Waals surface area contributed by atoms with Crippen LogP contribution in [0, 0.1) is 0 Å². The number of rotatable bonds is 44. The van der Waals surface area contributed by atoms with Gasteiger partial charge in [-0.3, -0.25) is 9.59 Å². The van der Waals surface area contributed by atoms with E-state index in [4.69, 9.17) is 4.74 Å². The molecule has 0 saturated heterocycles. The Morgan fingerprint density at radius 2 is 0.895 bits per heavy atom. The Bertz CT molecular complexity index is 946. The number of aliphatic hydroxyl groups excluding tert-OH is 2. The van der Waals surface area contributed by atoms with E-state index in [1.165, 1.54) is 128 Å². The van der Waals surface area contributed by atoms with Gasteiger partial charge in [0.05, 0.1) is 25.2 Å². The van der Waals surface area contributed by atoms with Crippen molar-refractivity contribution in [1.29, 1.82) is 0 Å². The number of aliphatic hydroxyl groups is 2. The highest BCUT2D eigenvalue weighted by Gasteiger charge is 2.24. The second-order valence-electron chi connectivity index (χ2n) is 16.9. The Labute approximate surface area is 353 Å². The van der Waals surface area contributed by atoms with Crippen LogP contribution in [0.3, 0.4) is 0 Å². The van der Waals surface area contributed by atoms with E-state index in [0.29, 0.717) is 19.3 Å². The van der Waals surface area contributed by atoms with Crippen molar-refractivity contribution in [3.8, 4) is 0 Å². The molecule has 0 spiro atoms. The van der Waals surface area contributed by atoms with Crippen molar-refractivity contribution < 1.29 is 24.5 Å². The summed E-state index contributed by atoms with van der Waals surface area (Å²) >= 11 is 0. The quantitative estimate of drug-likeness (QED) is 0.0324. The summed E-state index contributed by atoms with van der Waals surface area (Å²) in [5, 5.41) is 23.7. The molecule has 0 aromatic carbocycles. The number of amides is 1. The van der Waals surface area contributed by atoms with Gasteiger partial charge >= 0.3 is 5.97 Å². The first-order valence-electron chi connectivity index (χ1n) is 24.7. The van der Waals surface area contributed by atoms with Crippen molar-refractivity contribution in [3.63, 3.8) is 0 Å². The molecule has 0 saturated carbocycles. The van der Waals surface area contributed by atoms with E-state index < -0.39 is 18.2 Å². The Morgan fingerprint density at radius 3 is 1.39 bits per heavy atom. The van der Waals surface area contributed by atoms with E-state index in [9.17, 15) is 19.8 Å². The highest BCUT2D eigenvalue weighted by molar-refractivity contribution is 5.77. The minimum atomic E-state index is -0.787. The van der Waals surface area contributed by atoms with Crippen molar-refractivity contribution in [1.82, 2.24) is 5.32 Å². The third kappa shape index (κ3) is 40.6. The molecule has 0 bridgehead atoms.